The first kappa shape index (κ1) is 15.2. The predicted molar refractivity (Wildman–Crippen MR) is 82.0 cm³/mol. The van der Waals surface area contributed by atoms with Crippen LogP contribution >= 0.6 is 11.8 Å². The van der Waals surface area contributed by atoms with Crippen LogP contribution in [0.25, 0.3) is 10.9 Å². The number of nitrogens with zero attached hydrogens (tertiary/aromatic N) is 3. The van der Waals surface area contributed by atoms with Crippen LogP contribution in [0.5, 0.6) is 0 Å². The van der Waals surface area contributed by atoms with E-state index in [9.17, 15) is 9.59 Å². The van der Waals surface area contributed by atoms with E-state index in [1.165, 1.54) is 23.0 Å². The van der Waals surface area contributed by atoms with Gasteiger partial charge in [-0.05, 0) is 6.07 Å². The lowest BCUT2D eigenvalue weighted by molar-refractivity contribution is -0.132. The summed E-state index contributed by atoms with van der Waals surface area (Å²) in [4.78, 5) is 33.0. The Bertz CT molecular complexity index is 657. The molecule has 1 aromatic carbocycles. The Balaban J connectivity index is 2.01. The minimum atomic E-state index is -0.191. The lowest BCUT2D eigenvalue weighted by Gasteiger charge is -2.15. The number of fused-ring (bicyclic) bond motifs is 1. The predicted octanol–water partition coefficient (Wildman–Crippen LogP) is 0.926. The van der Waals surface area contributed by atoms with Crippen LogP contribution in [0, 0.1) is 0 Å². The highest BCUT2D eigenvalue weighted by molar-refractivity contribution is 8.00. The van der Waals surface area contributed by atoms with Crippen LogP contribution < -0.4 is 5.32 Å². The molecule has 110 valence electrons. The molecule has 21 heavy (non-hydrogen) atoms. The zero-order chi connectivity index (χ0) is 15.2. The van der Waals surface area contributed by atoms with Crippen molar-refractivity contribution in [2.24, 2.45) is 0 Å². The summed E-state index contributed by atoms with van der Waals surface area (Å²) in [6, 6.07) is 7.65. The highest BCUT2D eigenvalue weighted by Gasteiger charge is 2.13. The molecule has 2 rings (SSSR count). The maximum atomic E-state index is 12.0. The Kier molecular flexibility index (Phi) is 5.10. The zero-order valence-corrected chi connectivity index (χ0v) is 12.7. The number of rotatable bonds is 5. The van der Waals surface area contributed by atoms with Crippen LogP contribution in [0.1, 0.15) is 0 Å². The topological polar surface area (TPSA) is 75.2 Å². The van der Waals surface area contributed by atoms with Gasteiger partial charge >= 0.3 is 0 Å². The molecule has 1 heterocycles. The molecular formula is C14H16N4O2S. The van der Waals surface area contributed by atoms with E-state index in [0.29, 0.717) is 0 Å². The number of amides is 2. The van der Waals surface area contributed by atoms with Gasteiger partial charge in [-0.3, -0.25) is 9.59 Å². The van der Waals surface area contributed by atoms with E-state index >= 15 is 0 Å². The number of para-hydroxylation sites is 1. The molecule has 6 nitrogen and oxygen atoms in total. The van der Waals surface area contributed by atoms with Crippen LogP contribution in [0.2, 0.25) is 0 Å². The van der Waals surface area contributed by atoms with E-state index in [2.05, 4.69) is 15.3 Å². The van der Waals surface area contributed by atoms with Crippen molar-refractivity contribution in [1.29, 1.82) is 0 Å². The number of aromatic nitrogens is 2. The van der Waals surface area contributed by atoms with Gasteiger partial charge in [0.15, 0.2) is 0 Å². The fraction of sp³-hybridized carbons (Fsp3) is 0.286. The van der Waals surface area contributed by atoms with Gasteiger partial charge < -0.3 is 10.2 Å². The van der Waals surface area contributed by atoms with Crippen LogP contribution in [-0.2, 0) is 9.59 Å². The van der Waals surface area contributed by atoms with Crippen LogP contribution in [0.15, 0.2) is 35.6 Å². The monoisotopic (exact) mass is 304 g/mol. The van der Waals surface area contributed by atoms with Crippen LogP contribution in [0.3, 0.4) is 0 Å². The number of likely N-dealkylation sites (N-methyl/N-ethyl adjacent to an activating group) is 2. The number of benzene rings is 1. The number of thioether (sulfide) groups is 1. The van der Waals surface area contributed by atoms with Gasteiger partial charge in [0.2, 0.25) is 11.8 Å². The molecule has 0 saturated heterocycles. The average Bonchev–Trinajstić information content (AvgIpc) is 2.52. The third-order valence-corrected chi connectivity index (χ3v) is 3.91. The van der Waals surface area contributed by atoms with Crippen LogP contribution in [0.4, 0.5) is 0 Å². The van der Waals surface area contributed by atoms with E-state index in [-0.39, 0.29) is 24.1 Å². The van der Waals surface area contributed by atoms with Crippen molar-refractivity contribution in [2.45, 2.75) is 5.03 Å². The SMILES string of the molecule is CNC(=O)CN(C)C(=O)CSc1ncnc2ccccc12. The molecule has 0 saturated carbocycles. The summed E-state index contributed by atoms with van der Waals surface area (Å²) >= 11 is 1.35. The standard InChI is InChI=1S/C14H16N4O2S/c1-15-12(19)7-18(2)13(20)8-21-14-10-5-3-4-6-11(10)16-9-17-14/h3-6,9H,7-8H2,1-2H3,(H,15,19). The molecule has 2 amide bonds. The smallest absolute Gasteiger partial charge is 0.239 e. The second-order valence-corrected chi connectivity index (χ2v) is 5.37. The van der Waals surface area contributed by atoms with Gasteiger partial charge in [0.1, 0.15) is 11.4 Å². The second kappa shape index (κ2) is 7.03. The molecule has 0 aliphatic carbocycles. The van der Waals surface area contributed by atoms with Crippen molar-refractivity contribution in [3.8, 4) is 0 Å². The molecule has 1 N–H and O–H groups in total. The highest BCUT2D eigenvalue weighted by Crippen LogP contribution is 2.24. The molecule has 0 aliphatic rings. The summed E-state index contributed by atoms with van der Waals surface area (Å²) < 4.78 is 0. The van der Waals surface area contributed by atoms with E-state index in [0.717, 1.165) is 15.9 Å². The molecular weight excluding hydrogens is 288 g/mol. The van der Waals surface area contributed by atoms with Crippen molar-refractivity contribution in [3.63, 3.8) is 0 Å². The largest absolute Gasteiger partial charge is 0.358 e. The van der Waals surface area contributed by atoms with Crippen molar-refractivity contribution in [3.05, 3.63) is 30.6 Å². The fourth-order valence-electron chi connectivity index (χ4n) is 1.72. The number of carbonyl (C=O) groups excluding carboxylic acids is 2. The Morgan fingerprint density at radius 3 is 2.81 bits per heavy atom. The van der Waals surface area contributed by atoms with Gasteiger partial charge in [0, 0.05) is 19.5 Å². The first-order chi connectivity index (χ1) is 10.1. The molecule has 2 aromatic rings. The molecule has 7 heteroatoms. The van der Waals surface area contributed by atoms with E-state index in [4.69, 9.17) is 0 Å². The van der Waals surface area contributed by atoms with Gasteiger partial charge in [0.25, 0.3) is 0 Å². The second-order valence-electron chi connectivity index (χ2n) is 4.41. The molecule has 0 atom stereocenters. The Hall–Kier alpha value is -2.15. The summed E-state index contributed by atoms with van der Waals surface area (Å²) in [5.41, 5.74) is 0.848. The maximum Gasteiger partial charge on any atom is 0.239 e. The number of nitrogens with one attached hydrogen (secondary N) is 1. The quantitative estimate of drug-likeness (QED) is 0.657. The van der Waals surface area contributed by atoms with Crippen LogP contribution in [-0.4, -0.2) is 53.1 Å². The number of carbonyl (C=O) groups is 2. The lowest BCUT2D eigenvalue weighted by atomic mass is 10.2. The van der Waals surface area contributed by atoms with E-state index < -0.39 is 0 Å². The number of hydrogen-bond donors (Lipinski definition) is 1. The van der Waals surface area contributed by atoms with Gasteiger partial charge in [-0.25, -0.2) is 9.97 Å². The minimum absolute atomic E-state index is 0.0560. The molecule has 0 bridgehead atoms. The summed E-state index contributed by atoms with van der Waals surface area (Å²) in [6.45, 7) is 0.0560. The Labute approximate surface area is 126 Å². The molecule has 0 radical (unpaired) electrons. The van der Waals surface area contributed by atoms with Gasteiger partial charge in [-0.15, -0.1) is 0 Å². The summed E-state index contributed by atoms with van der Waals surface area (Å²) in [7, 11) is 3.15. The molecule has 0 aliphatic heterocycles. The highest BCUT2D eigenvalue weighted by atomic mass is 32.2. The van der Waals surface area contributed by atoms with Gasteiger partial charge in [-0.1, -0.05) is 30.0 Å². The van der Waals surface area contributed by atoms with E-state index in [1.807, 2.05) is 24.3 Å². The van der Waals surface area contributed by atoms with Crippen molar-refractivity contribution >= 4 is 34.5 Å². The molecule has 0 spiro atoms. The van der Waals surface area contributed by atoms with Crippen molar-refractivity contribution in [2.75, 3.05) is 26.4 Å². The molecule has 0 unspecified atom stereocenters. The average molecular weight is 304 g/mol. The Morgan fingerprint density at radius 1 is 1.29 bits per heavy atom. The normalized spacial score (nSPS) is 10.4. The molecule has 0 fully saturated rings. The summed E-state index contributed by atoms with van der Waals surface area (Å²) in [5, 5.41) is 4.18. The first-order valence-electron chi connectivity index (χ1n) is 6.39. The molecule has 1 aromatic heterocycles. The lowest BCUT2D eigenvalue weighted by Crippen LogP contribution is -2.37. The number of hydrogen-bond acceptors (Lipinski definition) is 5. The Morgan fingerprint density at radius 2 is 2.05 bits per heavy atom. The first-order valence-corrected chi connectivity index (χ1v) is 7.37. The third kappa shape index (κ3) is 3.91. The summed E-state index contributed by atoms with van der Waals surface area (Å²) in [5.74, 6) is -0.0799. The van der Waals surface area contributed by atoms with E-state index in [1.54, 1.807) is 14.1 Å². The van der Waals surface area contributed by atoms with Gasteiger partial charge in [-0.2, -0.15) is 0 Å². The minimum Gasteiger partial charge on any atom is -0.358 e. The fourth-order valence-corrected chi connectivity index (χ4v) is 2.65. The third-order valence-electron chi connectivity index (χ3n) is 2.92. The summed E-state index contributed by atoms with van der Waals surface area (Å²) in [6.07, 6.45) is 1.49. The van der Waals surface area contributed by atoms with Crippen molar-refractivity contribution < 1.29 is 9.59 Å². The maximum absolute atomic E-state index is 12.0. The van der Waals surface area contributed by atoms with Crippen molar-refractivity contribution in [1.82, 2.24) is 20.2 Å². The zero-order valence-electron chi connectivity index (χ0n) is 11.9. The van der Waals surface area contributed by atoms with Gasteiger partial charge in [0.05, 0.1) is 17.8 Å².